The van der Waals surface area contributed by atoms with Gasteiger partial charge in [-0.1, -0.05) is 24.5 Å². The average molecular weight is 230 g/mol. The van der Waals surface area contributed by atoms with Gasteiger partial charge in [0.15, 0.2) is 0 Å². The number of rotatable bonds is 3. The van der Waals surface area contributed by atoms with Crippen molar-refractivity contribution in [2.24, 2.45) is 0 Å². The van der Waals surface area contributed by atoms with E-state index in [9.17, 15) is 10.4 Å². The van der Waals surface area contributed by atoms with Gasteiger partial charge in [-0.3, -0.25) is 5.32 Å². The fourth-order valence-corrected chi connectivity index (χ4v) is 2.43. The van der Waals surface area contributed by atoms with Crippen molar-refractivity contribution in [1.29, 1.82) is 5.26 Å². The Kier molecular flexibility index (Phi) is 3.65. The molecule has 0 radical (unpaired) electrons. The molecule has 3 heteroatoms. The molecule has 1 aliphatic carbocycles. The zero-order valence-corrected chi connectivity index (χ0v) is 10.1. The van der Waals surface area contributed by atoms with Crippen LogP contribution in [0.15, 0.2) is 18.2 Å². The molecule has 2 rings (SSSR count). The van der Waals surface area contributed by atoms with Crippen molar-refractivity contribution >= 4 is 0 Å². The van der Waals surface area contributed by atoms with E-state index >= 15 is 0 Å². The molecule has 1 fully saturated rings. The number of benzene rings is 1. The lowest BCUT2D eigenvalue weighted by Crippen LogP contribution is -2.29. The Labute approximate surface area is 102 Å². The molecule has 3 nitrogen and oxygen atoms in total. The van der Waals surface area contributed by atoms with Gasteiger partial charge in [-0.25, -0.2) is 0 Å². The van der Waals surface area contributed by atoms with Gasteiger partial charge >= 0.3 is 0 Å². The quantitative estimate of drug-likeness (QED) is 0.839. The normalized spacial score (nSPS) is 17.9. The first-order chi connectivity index (χ1) is 8.20. The van der Waals surface area contributed by atoms with E-state index < -0.39 is 6.04 Å². The van der Waals surface area contributed by atoms with Crippen molar-refractivity contribution in [2.45, 2.75) is 44.7 Å². The van der Waals surface area contributed by atoms with Crippen LogP contribution in [0.4, 0.5) is 0 Å². The number of nitrogens with one attached hydrogen (secondary N) is 1. The van der Waals surface area contributed by atoms with Gasteiger partial charge in [0.25, 0.3) is 0 Å². The van der Waals surface area contributed by atoms with E-state index in [2.05, 4.69) is 11.4 Å². The van der Waals surface area contributed by atoms with Crippen LogP contribution in [0.3, 0.4) is 0 Å². The SMILES string of the molecule is Cc1ccc(O)c(C(C#N)NC2CCCC2)c1. The summed E-state index contributed by atoms with van der Waals surface area (Å²) in [5.41, 5.74) is 1.76. The van der Waals surface area contributed by atoms with Crippen molar-refractivity contribution in [2.75, 3.05) is 0 Å². The Bertz CT molecular complexity index is 430. The third kappa shape index (κ3) is 2.78. The Morgan fingerprint density at radius 1 is 1.41 bits per heavy atom. The van der Waals surface area contributed by atoms with Crippen LogP contribution in [-0.2, 0) is 0 Å². The van der Waals surface area contributed by atoms with Crippen molar-refractivity contribution in [1.82, 2.24) is 5.32 Å². The lowest BCUT2D eigenvalue weighted by molar-refractivity contribution is 0.443. The van der Waals surface area contributed by atoms with Crippen LogP contribution in [0.2, 0.25) is 0 Å². The molecule has 1 saturated carbocycles. The predicted octanol–water partition coefficient (Wildman–Crippen LogP) is 2.80. The molecule has 0 bridgehead atoms. The lowest BCUT2D eigenvalue weighted by atomic mass is 10.0. The summed E-state index contributed by atoms with van der Waals surface area (Å²) in [6.45, 7) is 1.97. The molecular formula is C14H18N2O. The van der Waals surface area contributed by atoms with E-state index in [-0.39, 0.29) is 5.75 Å². The second-order valence-corrected chi connectivity index (χ2v) is 4.77. The predicted molar refractivity (Wildman–Crippen MR) is 66.6 cm³/mol. The summed E-state index contributed by atoms with van der Waals surface area (Å²) < 4.78 is 0. The maximum Gasteiger partial charge on any atom is 0.125 e. The van der Waals surface area contributed by atoms with Gasteiger partial charge in [0.2, 0.25) is 0 Å². The van der Waals surface area contributed by atoms with E-state index in [0.717, 1.165) is 18.4 Å². The largest absolute Gasteiger partial charge is 0.508 e. The van der Waals surface area contributed by atoms with Gasteiger partial charge in [0, 0.05) is 11.6 Å². The minimum absolute atomic E-state index is 0.202. The molecule has 0 aromatic heterocycles. The van der Waals surface area contributed by atoms with Crippen molar-refractivity contribution in [3.63, 3.8) is 0 Å². The van der Waals surface area contributed by atoms with Gasteiger partial charge in [0.1, 0.15) is 11.8 Å². The molecule has 2 N–H and O–H groups in total. The first kappa shape index (κ1) is 11.9. The first-order valence-corrected chi connectivity index (χ1v) is 6.16. The maximum absolute atomic E-state index is 9.82. The third-order valence-corrected chi connectivity index (χ3v) is 3.38. The highest BCUT2D eigenvalue weighted by molar-refractivity contribution is 5.40. The molecule has 0 heterocycles. The number of nitrogens with zero attached hydrogens (tertiary/aromatic N) is 1. The average Bonchev–Trinajstić information content (AvgIpc) is 2.82. The topological polar surface area (TPSA) is 56.0 Å². The number of aromatic hydroxyl groups is 1. The van der Waals surface area contributed by atoms with Crippen LogP contribution >= 0.6 is 0 Å². The molecule has 1 aromatic carbocycles. The third-order valence-electron chi connectivity index (χ3n) is 3.38. The lowest BCUT2D eigenvalue weighted by Gasteiger charge is -2.18. The zero-order valence-electron chi connectivity index (χ0n) is 10.1. The van der Waals surface area contributed by atoms with E-state index in [4.69, 9.17) is 0 Å². The molecule has 17 heavy (non-hydrogen) atoms. The number of hydrogen-bond donors (Lipinski definition) is 2. The van der Waals surface area contributed by atoms with Gasteiger partial charge < -0.3 is 5.11 Å². The second kappa shape index (κ2) is 5.20. The van der Waals surface area contributed by atoms with Gasteiger partial charge in [-0.15, -0.1) is 0 Å². The van der Waals surface area contributed by atoms with Crippen molar-refractivity contribution in [3.8, 4) is 11.8 Å². The molecule has 0 spiro atoms. The molecule has 1 aromatic rings. The van der Waals surface area contributed by atoms with Crippen molar-refractivity contribution < 1.29 is 5.11 Å². The van der Waals surface area contributed by atoms with Gasteiger partial charge in [0.05, 0.1) is 6.07 Å². The van der Waals surface area contributed by atoms with Crippen molar-refractivity contribution in [3.05, 3.63) is 29.3 Å². The molecule has 90 valence electrons. The Balaban J connectivity index is 2.16. The highest BCUT2D eigenvalue weighted by atomic mass is 16.3. The number of hydrogen-bond acceptors (Lipinski definition) is 3. The molecule has 0 amide bonds. The smallest absolute Gasteiger partial charge is 0.125 e. The van der Waals surface area contributed by atoms with Crippen LogP contribution in [0.1, 0.15) is 42.9 Å². The monoisotopic (exact) mass is 230 g/mol. The standard InChI is InChI=1S/C14H18N2O/c1-10-6-7-14(17)12(8-10)13(9-15)16-11-4-2-3-5-11/h6-8,11,13,16-17H,2-5H2,1H3. The number of phenols is 1. The fraction of sp³-hybridized carbons (Fsp3) is 0.500. The zero-order chi connectivity index (χ0) is 12.3. The number of nitriles is 1. The van der Waals surface area contributed by atoms with Gasteiger partial charge in [-0.2, -0.15) is 5.26 Å². The van der Waals surface area contributed by atoms with E-state index in [1.165, 1.54) is 12.8 Å². The minimum atomic E-state index is -0.405. The van der Waals surface area contributed by atoms with Gasteiger partial charge in [-0.05, 0) is 31.9 Å². The van der Waals surface area contributed by atoms with Crippen LogP contribution < -0.4 is 5.32 Å². The summed E-state index contributed by atoms with van der Waals surface area (Å²) in [6.07, 6.45) is 4.72. The molecule has 0 aliphatic heterocycles. The summed E-state index contributed by atoms with van der Waals surface area (Å²) in [7, 11) is 0. The summed E-state index contributed by atoms with van der Waals surface area (Å²) in [5, 5.41) is 22.4. The molecule has 1 unspecified atom stereocenters. The second-order valence-electron chi connectivity index (χ2n) is 4.77. The fourth-order valence-electron chi connectivity index (χ4n) is 2.43. The van der Waals surface area contributed by atoms with E-state index in [0.29, 0.717) is 11.6 Å². The summed E-state index contributed by atoms with van der Waals surface area (Å²) in [4.78, 5) is 0. The van der Waals surface area contributed by atoms with Crippen LogP contribution in [0.25, 0.3) is 0 Å². The molecule has 1 atom stereocenters. The highest BCUT2D eigenvalue weighted by Crippen LogP contribution is 2.27. The molecule has 1 aliphatic rings. The molecule has 0 saturated heterocycles. The Morgan fingerprint density at radius 2 is 2.12 bits per heavy atom. The van der Waals surface area contributed by atoms with E-state index in [1.807, 2.05) is 19.1 Å². The number of phenolic OH excluding ortho intramolecular Hbond substituents is 1. The minimum Gasteiger partial charge on any atom is -0.508 e. The summed E-state index contributed by atoms with van der Waals surface area (Å²) in [6, 6.07) is 7.64. The summed E-state index contributed by atoms with van der Waals surface area (Å²) >= 11 is 0. The van der Waals surface area contributed by atoms with Crippen LogP contribution in [0.5, 0.6) is 5.75 Å². The van der Waals surface area contributed by atoms with Crippen LogP contribution in [-0.4, -0.2) is 11.1 Å². The highest BCUT2D eigenvalue weighted by Gasteiger charge is 2.21. The Morgan fingerprint density at radius 3 is 2.76 bits per heavy atom. The number of aryl methyl sites for hydroxylation is 1. The Hall–Kier alpha value is -1.53. The summed E-state index contributed by atoms with van der Waals surface area (Å²) in [5.74, 6) is 0.202. The molecular weight excluding hydrogens is 212 g/mol. The first-order valence-electron chi connectivity index (χ1n) is 6.16. The maximum atomic E-state index is 9.82. The van der Waals surface area contributed by atoms with Crippen LogP contribution in [0, 0.1) is 18.3 Å². The van der Waals surface area contributed by atoms with E-state index in [1.54, 1.807) is 6.07 Å².